The van der Waals surface area contributed by atoms with E-state index < -0.39 is 0 Å². The summed E-state index contributed by atoms with van der Waals surface area (Å²) < 4.78 is 14.0. The van der Waals surface area contributed by atoms with Gasteiger partial charge < -0.3 is 0 Å². The number of rotatable bonds is 4. The molecule has 4 heteroatoms. The third-order valence-corrected chi connectivity index (χ3v) is 4.66. The van der Waals surface area contributed by atoms with Crippen molar-refractivity contribution in [2.24, 2.45) is 0 Å². The monoisotopic (exact) mass is 327 g/mol. The van der Waals surface area contributed by atoms with Crippen molar-refractivity contribution in [3.8, 4) is 0 Å². The molecule has 0 radical (unpaired) electrons. The van der Waals surface area contributed by atoms with Gasteiger partial charge in [-0.2, -0.15) is 0 Å². The summed E-state index contributed by atoms with van der Waals surface area (Å²) in [6, 6.07) is 11.2. The molecule has 0 aliphatic heterocycles. The second-order valence-electron chi connectivity index (χ2n) is 4.35. The number of benzene rings is 1. The maximum atomic E-state index is 12.9. The van der Waals surface area contributed by atoms with Gasteiger partial charge >= 0.3 is 0 Å². The molecule has 0 aliphatic rings. The molecule has 0 spiro atoms. The largest absolute Gasteiger partial charge is 0.295 e. The van der Waals surface area contributed by atoms with Crippen molar-refractivity contribution in [1.29, 1.82) is 0 Å². The first-order valence-corrected chi connectivity index (χ1v) is 7.37. The highest BCUT2D eigenvalue weighted by molar-refractivity contribution is 9.11. The summed E-state index contributed by atoms with van der Waals surface area (Å²) >= 11 is 5.22. The number of hydrogen-bond donors (Lipinski definition) is 0. The van der Waals surface area contributed by atoms with Crippen molar-refractivity contribution in [3.63, 3.8) is 0 Å². The average Bonchev–Trinajstić information content (AvgIpc) is 2.75. The van der Waals surface area contributed by atoms with Crippen molar-refractivity contribution in [3.05, 3.63) is 56.4 Å². The van der Waals surface area contributed by atoms with Crippen LogP contribution in [0.25, 0.3) is 0 Å². The molecular weight excluding hydrogens is 313 g/mol. The van der Waals surface area contributed by atoms with Gasteiger partial charge in [-0.3, -0.25) is 4.90 Å². The van der Waals surface area contributed by atoms with Gasteiger partial charge in [0.25, 0.3) is 0 Å². The zero-order valence-electron chi connectivity index (χ0n) is 10.4. The van der Waals surface area contributed by atoms with Crippen LogP contribution in [0, 0.1) is 5.82 Å². The van der Waals surface area contributed by atoms with Gasteiger partial charge in [-0.05, 0) is 59.7 Å². The smallest absolute Gasteiger partial charge is 0.123 e. The number of thiophene rings is 1. The quantitative estimate of drug-likeness (QED) is 0.776. The molecule has 1 nitrogen and oxygen atoms in total. The molecule has 0 aliphatic carbocycles. The third kappa shape index (κ3) is 3.40. The molecule has 2 aromatic rings. The van der Waals surface area contributed by atoms with Gasteiger partial charge in [-0.15, -0.1) is 11.3 Å². The van der Waals surface area contributed by atoms with E-state index in [0.29, 0.717) is 0 Å². The average molecular weight is 328 g/mol. The molecule has 1 aromatic heterocycles. The van der Waals surface area contributed by atoms with Crippen LogP contribution < -0.4 is 0 Å². The van der Waals surface area contributed by atoms with Crippen molar-refractivity contribution in [2.45, 2.75) is 19.5 Å². The second-order valence-corrected chi connectivity index (χ2v) is 6.90. The van der Waals surface area contributed by atoms with Crippen LogP contribution in [-0.4, -0.2) is 11.9 Å². The molecule has 0 fully saturated rings. The first-order chi connectivity index (χ1) is 8.56. The van der Waals surface area contributed by atoms with E-state index in [2.05, 4.69) is 46.9 Å². The first-order valence-electron chi connectivity index (χ1n) is 5.76. The fourth-order valence-electron chi connectivity index (χ4n) is 1.82. The molecule has 0 bridgehead atoms. The van der Waals surface area contributed by atoms with E-state index in [0.717, 1.165) is 15.9 Å². The van der Waals surface area contributed by atoms with E-state index in [9.17, 15) is 4.39 Å². The Hall–Kier alpha value is -0.710. The Morgan fingerprint density at radius 2 is 1.89 bits per heavy atom. The van der Waals surface area contributed by atoms with Crippen LogP contribution in [0.2, 0.25) is 0 Å². The SMILES string of the molecule is CC(c1ccc(F)cc1)N(C)Cc1ccc(Br)s1. The Bertz CT molecular complexity index is 509. The van der Waals surface area contributed by atoms with Crippen LogP contribution in [-0.2, 0) is 6.54 Å². The summed E-state index contributed by atoms with van der Waals surface area (Å²) in [7, 11) is 2.08. The summed E-state index contributed by atoms with van der Waals surface area (Å²) in [6.45, 7) is 3.03. The minimum absolute atomic E-state index is 0.184. The first kappa shape index (κ1) is 13.7. The zero-order valence-corrected chi connectivity index (χ0v) is 12.8. The maximum absolute atomic E-state index is 12.9. The lowest BCUT2D eigenvalue weighted by Gasteiger charge is -2.24. The molecule has 0 amide bonds. The van der Waals surface area contributed by atoms with Crippen LogP contribution in [0.3, 0.4) is 0 Å². The fourth-order valence-corrected chi connectivity index (χ4v) is 3.36. The molecule has 1 unspecified atom stereocenters. The van der Waals surface area contributed by atoms with Gasteiger partial charge in [-0.25, -0.2) is 4.39 Å². The lowest BCUT2D eigenvalue weighted by molar-refractivity contribution is 0.255. The van der Waals surface area contributed by atoms with E-state index in [4.69, 9.17) is 0 Å². The Kier molecular flexibility index (Phi) is 4.54. The van der Waals surface area contributed by atoms with Crippen molar-refractivity contribution in [1.82, 2.24) is 4.90 Å². The normalized spacial score (nSPS) is 12.9. The summed E-state index contributed by atoms with van der Waals surface area (Å²) in [6.07, 6.45) is 0. The zero-order chi connectivity index (χ0) is 13.1. The fraction of sp³-hybridized carbons (Fsp3) is 0.286. The Morgan fingerprint density at radius 1 is 1.22 bits per heavy atom. The molecule has 18 heavy (non-hydrogen) atoms. The molecule has 1 heterocycles. The molecule has 1 aromatic carbocycles. The summed E-state index contributed by atoms with van der Waals surface area (Å²) in [5.74, 6) is -0.184. The predicted octanol–water partition coefficient (Wildman–Crippen LogP) is 4.84. The van der Waals surface area contributed by atoms with Gasteiger partial charge in [0.05, 0.1) is 3.79 Å². The number of hydrogen-bond acceptors (Lipinski definition) is 2. The molecule has 96 valence electrons. The summed E-state index contributed by atoms with van der Waals surface area (Å²) in [4.78, 5) is 3.57. The van der Waals surface area contributed by atoms with Gasteiger partial charge in [0.1, 0.15) is 5.82 Å². The van der Waals surface area contributed by atoms with Crippen LogP contribution in [0.15, 0.2) is 40.2 Å². The second kappa shape index (κ2) is 5.95. The Balaban J connectivity index is 2.04. The van der Waals surface area contributed by atoms with E-state index >= 15 is 0 Å². The van der Waals surface area contributed by atoms with Crippen molar-refractivity contribution < 1.29 is 4.39 Å². The number of nitrogens with zero attached hydrogens (tertiary/aromatic N) is 1. The van der Waals surface area contributed by atoms with Gasteiger partial charge in [-0.1, -0.05) is 12.1 Å². The van der Waals surface area contributed by atoms with E-state index in [-0.39, 0.29) is 11.9 Å². The molecule has 1 atom stereocenters. The van der Waals surface area contributed by atoms with E-state index in [1.165, 1.54) is 17.0 Å². The van der Waals surface area contributed by atoms with Crippen LogP contribution >= 0.6 is 27.3 Å². The van der Waals surface area contributed by atoms with E-state index in [1.54, 1.807) is 11.3 Å². The third-order valence-electron chi connectivity index (χ3n) is 3.05. The highest BCUT2D eigenvalue weighted by atomic mass is 79.9. The topological polar surface area (TPSA) is 3.24 Å². The highest BCUT2D eigenvalue weighted by Crippen LogP contribution is 2.26. The van der Waals surface area contributed by atoms with Gasteiger partial charge in [0, 0.05) is 17.5 Å². The Labute approximate surface area is 119 Å². The molecule has 0 N–H and O–H groups in total. The highest BCUT2D eigenvalue weighted by Gasteiger charge is 2.12. The predicted molar refractivity (Wildman–Crippen MR) is 78.3 cm³/mol. The van der Waals surface area contributed by atoms with Gasteiger partial charge in [0.2, 0.25) is 0 Å². The molecule has 0 saturated carbocycles. The van der Waals surface area contributed by atoms with E-state index in [1.807, 2.05) is 12.1 Å². The van der Waals surface area contributed by atoms with Crippen molar-refractivity contribution in [2.75, 3.05) is 7.05 Å². The summed E-state index contributed by atoms with van der Waals surface area (Å²) in [5.41, 5.74) is 1.13. The lowest BCUT2D eigenvalue weighted by atomic mass is 10.1. The minimum Gasteiger partial charge on any atom is -0.295 e. The molecular formula is C14H15BrFNS. The molecule has 0 saturated heterocycles. The summed E-state index contributed by atoms with van der Waals surface area (Å²) in [5, 5.41) is 0. The maximum Gasteiger partial charge on any atom is 0.123 e. The molecule has 2 rings (SSSR count). The lowest BCUT2D eigenvalue weighted by Crippen LogP contribution is -2.21. The van der Waals surface area contributed by atoms with Crippen molar-refractivity contribution >= 4 is 27.3 Å². The van der Waals surface area contributed by atoms with Gasteiger partial charge in [0.15, 0.2) is 0 Å². The number of halogens is 2. The van der Waals surface area contributed by atoms with Crippen LogP contribution in [0.1, 0.15) is 23.4 Å². The van der Waals surface area contributed by atoms with Crippen LogP contribution in [0.5, 0.6) is 0 Å². The van der Waals surface area contributed by atoms with Crippen LogP contribution in [0.4, 0.5) is 4.39 Å². The minimum atomic E-state index is -0.184. The Morgan fingerprint density at radius 3 is 2.44 bits per heavy atom. The standard InChI is InChI=1S/C14H15BrFNS/c1-10(11-3-5-12(16)6-4-11)17(2)9-13-7-8-14(15)18-13/h3-8,10H,9H2,1-2H3.